The predicted octanol–water partition coefficient (Wildman–Crippen LogP) is 0.163. The maximum atomic E-state index is 13.3. The molecular weight excluding hydrogens is 588 g/mol. The summed E-state index contributed by atoms with van der Waals surface area (Å²) in [5.41, 5.74) is -12.2. The molecule has 0 saturated heterocycles. The SMILES string of the molecule is O=S(=O)(N=S(=O)(NS(=O)(=NS(=O)(=O)C(F)(F)F)c1ccccc1)c1ccccc1)C(F)(F)F.[K+]. The fourth-order valence-corrected chi connectivity index (χ4v) is 9.35. The molecule has 20 heteroatoms. The maximum Gasteiger partial charge on any atom is 1.00 e. The van der Waals surface area contributed by atoms with Gasteiger partial charge in [0, 0.05) is 0 Å². The van der Waals surface area contributed by atoms with Crippen LogP contribution in [0.2, 0.25) is 0 Å². The molecule has 0 aromatic heterocycles. The van der Waals surface area contributed by atoms with Crippen LogP contribution in [0.4, 0.5) is 26.3 Å². The molecule has 0 fully saturated rings. The van der Waals surface area contributed by atoms with Crippen molar-refractivity contribution < 1.29 is 103 Å². The Balaban J connectivity index is 0.00000578. The number of alkyl halides is 6. The van der Waals surface area contributed by atoms with Crippen LogP contribution in [0.1, 0.15) is 0 Å². The molecular formula is C14H11F6KN3O6S4+. The first-order valence-electron chi connectivity index (χ1n) is 7.91. The van der Waals surface area contributed by atoms with Gasteiger partial charge in [0.1, 0.15) is 0 Å². The Morgan fingerprint density at radius 1 is 0.559 bits per heavy atom. The average Bonchev–Trinajstić information content (AvgIpc) is 2.66. The van der Waals surface area contributed by atoms with Crippen molar-refractivity contribution >= 4 is 39.9 Å². The van der Waals surface area contributed by atoms with Gasteiger partial charge in [0.25, 0.3) is 0 Å². The van der Waals surface area contributed by atoms with Crippen LogP contribution in [0.15, 0.2) is 78.0 Å². The molecule has 0 heterocycles. The Morgan fingerprint density at radius 2 is 0.824 bits per heavy atom. The van der Waals surface area contributed by atoms with E-state index in [1.807, 2.05) is 0 Å². The fraction of sp³-hybridized carbons (Fsp3) is 0.143. The summed E-state index contributed by atoms with van der Waals surface area (Å²) >= 11 is 0. The number of rotatable bonds is 6. The van der Waals surface area contributed by atoms with Crippen molar-refractivity contribution in [2.24, 2.45) is 7.54 Å². The van der Waals surface area contributed by atoms with Gasteiger partial charge in [-0.15, -0.1) is 4.13 Å². The molecule has 0 bridgehead atoms. The Kier molecular flexibility index (Phi) is 9.99. The standard InChI is InChI=1S/C14H11F6N3O6S4.K/c15-13(16,17)32(26,27)22-30(24,11-7-3-1-4-8-11)21-31(25,12-9-5-2-6-10-12)23-33(28,29)14(18,19)20;/h1-10H,(H,21,22,23,24,25);/q;+1. The summed E-state index contributed by atoms with van der Waals surface area (Å²) in [6, 6.07) is 9.69. The molecule has 1 N–H and O–H groups in total. The van der Waals surface area contributed by atoms with Gasteiger partial charge < -0.3 is 0 Å². The second-order valence-electron chi connectivity index (χ2n) is 5.75. The van der Waals surface area contributed by atoms with Gasteiger partial charge in [0.05, 0.1) is 9.79 Å². The van der Waals surface area contributed by atoms with Crippen LogP contribution in [0, 0.1) is 0 Å². The molecule has 0 radical (unpaired) electrons. The molecule has 0 aliphatic carbocycles. The van der Waals surface area contributed by atoms with E-state index in [-0.39, 0.29) is 51.4 Å². The number of benzene rings is 2. The summed E-state index contributed by atoms with van der Waals surface area (Å²) < 4.78 is 156. The zero-order chi connectivity index (χ0) is 25.3. The normalized spacial score (nSPS) is 16.4. The van der Waals surface area contributed by atoms with Crippen LogP contribution in [0.3, 0.4) is 0 Å². The number of nitrogens with one attached hydrogen (secondary N) is 1. The van der Waals surface area contributed by atoms with Gasteiger partial charge in [-0.25, -0.2) is 8.42 Å². The molecule has 0 aliphatic rings. The first-order chi connectivity index (χ1) is 14.8. The van der Waals surface area contributed by atoms with E-state index in [0.717, 1.165) is 48.5 Å². The summed E-state index contributed by atoms with van der Waals surface area (Å²) in [6.45, 7) is 0. The fourth-order valence-electron chi connectivity index (χ4n) is 1.94. The molecule has 2 aromatic rings. The second-order valence-corrected chi connectivity index (χ2v) is 13.5. The third-order valence-electron chi connectivity index (χ3n) is 3.34. The number of hydrogen-bond acceptors (Lipinski definition) is 6. The van der Waals surface area contributed by atoms with Crippen molar-refractivity contribution in [3.8, 4) is 0 Å². The molecule has 2 unspecified atom stereocenters. The number of halogens is 6. The summed E-state index contributed by atoms with van der Waals surface area (Å²) in [5, 5.41) is 0. The molecule has 2 rings (SSSR count). The molecule has 0 spiro atoms. The molecule has 2 atom stereocenters. The van der Waals surface area contributed by atoms with Crippen LogP contribution in [0.25, 0.3) is 0 Å². The molecule has 2 aromatic carbocycles. The predicted molar refractivity (Wildman–Crippen MR) is 104 cm³/mol. The first-order valence-corrected chi connectivity index (χ1v) is 13.8. The van der Waals surface area contributed by atoms with E-state index in [0.29, 0.717) is 0 Å². The first kappa shape index (κ1) is 31.4. The number of nitrogens with zero attached hydrogens (tertiary/aromatic N) is 2. The second kappa shape index (κ2) is 10.8. The van der Waals surface area contributed by atoms with Gasteiger partial charge in [-0.1, -0.05) is 43.9 Å². The van der Waals surface area contributed by atoms with Gasteiger partial charge in [0.2, 0.25) is 0 Å². The molecule has 0 saturated carbocycles. The monoisotopic (exact) mass is 598 g/mol. The Morgan fingerprint density at radius 3 is 1.06 bits per heavy atom. The Hall–Kier alpha value is -0.584. The van der Waals surface area contributed by atoms with Crippen LogP contribution < -0.4 is 55.5 Å². The van der Waals surface area contributed by atoms with Gasteiger partial charge in [0.15, 0.2) is 19.8 Å². The molecule has 9 nitrogen and oxygen atoms in total. The minimum Gasteiger partial charge on any atom is -0.227 e. The average molecular weight is 599 g/mol. The van der Waals surface area contributed by atoms with Gasteiger partial charge in [-0.2, -0.15) is 43.2 Å². The smallest absolute Gasteiger partial charge is 0.227 e. The zero-order valence-corrected chi connectivity index (χ0v) is 22.9. The number of sulfonamides is 2. The van der Waals surface area contributed by atoms with E-state index in [2.05, 4.69) is 7.54 Å². The van der Waals surface area contributed by atoms with Crippen molar-refractivity contribution in [1.82, 2.24) is 4.13 Å². The van der Waals surface area contributed by atoms with Gasteiger partial charge in [-0.05, 0) is 24.3 Å². The van der Waals surface area contributed by atoms with E-state index in [4.69, 9.17) is 0 Å². The van der Waals surface area contributed by atoms with Gasteiger partial charge in [-0.3, -0.25) is 0 Å². The molecule has 34 heavy (non-hydrogen) atoms. The Labute approximate surface area is 233 Å². The van der Waals surface area contributed by atoms with E-state index in [1.165, 1.54) is 16.3 Å². The van der Waals surface area contributed by atoms with Crippen LogP contribution >= 0.6 is 0 Å². The van der Waals surface area contributed by atoms with Gasteiger partial charge >= 0.3 is 82.4 Å². The van der Waals surface area contributed by atoms with Crippen molar-refractivity contribution in [3.05, 3.63) is 60.7 Å². The van der Waals surface area contributed by atoms with E-state index in [1.54, 1.807) is 0 Å². The topological polar surface area (TPSA) is 139 Å². The summed E-state index contributed by atoms with van der Waals surface area (Å²) in [6.07, 6.45) is 0. The van der Waals surface area contributed by atoms with Crippen molar-refractivity contribution in [3.63, 3.8) is 0 Å². The van der Waals surface area contributed by atoms with Crippen LogP contribution in [-0.4, -0.2) is 36.3 Å². The summed E-state index contributed by atoms with van der Waals surface area (Å²) in [7, 11) is -23.7. The summed E-state index contributed by atoms with van der Waals surface area (Å²) in [4.78, 5) is -1.75. The zero-order valence-electron chi connectivity index (χ0n) is 16.5. The van der Waals surface area contributed by atoms with Crippen molar-refractivity contribution in [2.45, 2.75) is 20.8 Å². The van der Waals surface area contributed by atoms with E-state index in [9.17, 15) is 51.6 Å². The van der Waals surface area contributed by atoms with Crippen molar-refractivity contribution in [2.75, 3.05) is 0 Å². The third kappa shape index (κ3) is 7.23. The maximum absolute atomic E-state index is 13.3. The quantitative estimate of drug-likeness (QED) is 0.372. The molecule has 0 aliphatic heterocycles. The third-order valence-corrected chi connectivity index (χ3v) is 11.4. The largest absolute Gasteiger partial charge is 1.00 e. The van der Waals surface area contributed by atoms with Crippen LogP contribution in [0.5, 0.6) is 0 Å². The van der Waals surface area contributed by atoms with Crippen molar-refractivity contribution in [1.29, 1.82) is 0 Å². The minimum absolute atomic E-state index is 0. The van der Waals surface area contributed by atoms with E-state index >= 15 is 0 Å². The molecule has 0 amide bonds. The Bertz CT molecular complexity index is 1360. The number of hydrogen-bond donors (Lipinski definition) is 1. The van der Waals surface area contributed by atoms with Crippen LogP contribution in [-0.2, 0) is 39.9 Å². The van der Waals surface area contributed by atoms with E-state index < -0.39 is 60.7 Å². The summed E-state index contributed by atoms with van der Waals surface area (Å²) in [5.74, 6) is 0. The minimum atomic E-state index is -6.58. The molecule has 184 valence electrons.